The second kappa shape index (κ2) is 9.09. The molecule has 3 aromatic rings. The van der Waals surface area contributed by atoms with Gasteiger partial charge in [-0.25, -0.2) is 4.79 Å². The SMILES string of the molecule is CCc1cccc2c1N(Cc1c(Cl)cc(N)c(=O)n1CCc1ccc(C(=O)O)cc1)CC2. The lowest BCUT2D eigenvalue weighted by Crippen LogP contribution is -2.31. The molecule has 0 fully saturated rings. The third-order valence-electron chi connectivity index (χ3n) is 6.09. The van der Waals surface area contributed by atoms with E-state index in [1.165, 1.54) is 16.8 Å². The van der Waals surface area contributed by atoms with Crippen LogP contribution in [0, 0.1) is 0 Å². The summed E-state index contributed by atoms with van der Waals surface area (Å²) in [6.07, 6.45) is 2.47. The number of carboxylic acid groups (broad SMARTS) is 1. The summed E-state index contributed by atoms with van der Waals surface area (Å²) in [6, 6.07) is 14.6. The minimum atomic E-state index is -0.963. The molecule has 166 valence electrons. The van der Waals surface area contributed by atoms with Crippen molar-refractivity contribution in [2.24, 2.45) is 0 Å². The van der Waals surface area contributed by atoms with Gasteiger partial charge in [-0.2, -0.15) is 0 Å². The number of carboxylic acids is 1. The number of aryl methyl sites for hydroxylation is 2. The molecule has 0 spiro atoms. The molecule has 0 atom stereocenters. The lowest BCUT2D eigenvalue weighted by molar-refractivity contribution is 0.0697. The number of rotatable bonds is 7. The number of nitrogens with two attached hydrogens (primary N) is 1. The van der Waals surface area contributed by atoms with E-state index in [4.69, 9.17) is 22.4 Å². The summed E-state index contributed by atoms with van der Waals surface area (Å²) in [5, 5.41) is 9.56. The van der Waals surface area contributed by atoms with Crippen molar-refractivity contribution in [3.63, 3.8) is 0 Å². The van der Waals surface area contributed by atoms with Crippen LogP contribution in [0.2, 0.25) is 5.02 Å². The maximum absolute atomic E-state index is 12.9. The summed E-state index contributed by atoms with van der Waals surface area (Å²) in [6.45, 7) is 3.95. The van der Waals surface area contributed by atoms with Gasteiger partial charge in [0.05, 0.1) is 28.5 Å². The van der Waals surface area contributed by atoms with Gasteiger partial charge in [0.25, 0.3) is 5.56 Å². The Morgan fingerprint density at radius 2 is 1.94 bits per heavy atom. The van der Waals surface area contributed by atoms with Gasteiger partial charge in [0.15, 0.2) is 0 Å². The number of hydrogen-bond donors (Lipinski definition) is 2. The molecule has 1 aliphatic heterocycles. The number of nitrogens with zero attached hydrogens (tertiary/aromatic N) is 2. The number of anilines is 2. The van der Waals surface area contributed by atoms with Crippen molar-refractivity contribution in [1.29, 1.82) is 0 Å². The van der Waals surface area contributed by atoms with Crippen molar-refractivity contribution in [2.45, 2.75) is 39.3 Å². The summed E-state index contributed by atoms with van der Waals surface area (Å²) in [7, 11) is 0. The van der Waals surface area contributed by atoms with Gasteiger partial charge >= 0.3 is 5.97 Å². The van der Waals surface area contributed by atoms with E-state index in [2.05, 4.69) is 30.0 Å². The molecule has 32 heavy (non-hydrogen) atoms. The Labute approximate surface area is 191 Å². The summed E-state index contributed by atoms with van der Waals surface area (Å²) in [5.41, 5.74) is 11.6. The van der Waals surface area contributed by atoms with Gasteiger partial charge in [-0.15, -0.1) is 0 Å². The maximum Gasteiger partial charge on any atom is 0.335 e. The molecule has 1 aliphatic rings. The number of carbonyl (C=O) groups is 1. The first kappa shape index (κ1) is 22.0. The number of aromatic carboxylic acids is 1. The number of halogens is 1. The van der Waals surface area contributed by atoms with E-state index in [-0.39, 0.29) is 16.8 Å². The maximum atomic E-state index is 12.9. The zero-order chi connectivity index (χ0) is 22.8. The topological polar surface area (TPSA) is 88.6 Å². The Kier molecular flexibility index (Phi) is 6.24. The first-order valence-electron chi connectivity index (χ1n) is 10.7. The molecule has 0 saturated carbocycles. The second-order valence-electron chi connectivity index (χ2n) is 8.05. The first-order chi connectivity index (χ1) is 15.4. The highest BCUT2D eigenvalue weighted by Gasteiger charge is 2.24. The molecule has 0 radical (unpaired) electrons. The number of nitrogen functional groups attached to an aromatic ring is 1. The zero-order valence-corrected chi connectivity index (χ0v) is 18.7. The quantitative estimate of drug-likeness (QED) is 0.563. The number of aromatic nitrogens is 1. The predicted octanol–water partition coefficient (Wildman–Crippen LogP) is 4.15. The average Bonchev–Trinajstić information content (AvgIpc) is 3.20. The molecule has 6 nitrogen and oxygen atoms in total. The molecule has 7 heteroatoms. The summed E-state index contributed by atoms with van der Waals surface area (Å²) in [5.74, 6) is -0.963. The molecule has 0 amide bonds. The predicted molar refractivity (Wildman–Crippen MR) is 128 cm³/mol. The molecule has 0 unspecified atom stereocenters. The smallest absolute Gasteiger partial charge is 0.335 e. The number of pyridine rings is 1. The van der Waals surface area contributed by atoms with E-state index in [9.17, 15) is 9.59 Å². The highest BCUT2D eigenvalue weighted by Crippen LogP contribution is 2.34. The lowest BCUT2D eigenvalue weighted by atomic mass is 10.1. The lowest BCUT2D eigenvalue weighted by Gasteiger charge is -2.25. The van der Waals surface area contributed by atoms with Crippen molar-refractivity contribution >= 4 is 28.9 Å². The van der Waals surface area contributed by atoms with Crippen LogP contribution in [0.5, 0.6) is 0 Å². The number of benzene rings is 2. The van der Waals surface area contributed by atoms with Gasteiger partial charge < -0.3 is 20.3 Å². The normalized spacial score (nSPS) is 12.8. The van der Waals surface area contributed by atoms with Gasteiger partial charge in [0.2, 0.25) is 0 Å². The molecular formula is C25H26ClN3O3. The van der Waals surface area contributed by atoms with Crippen molar-refractivity contribution < 1.29 is 9.90 Å². The Morgan fingerprint density at radius 1 is 1.19 bits per heavy atom. The standard InChI is InChI=1S/C25H26ClN3O3/c1-2-17-4-3-5-18-11-12-28(23(17)18)15-22-20(26)14-21(27)24(30)29(22)13-10-16-6-8-19(9-7-16)25(31)32/h3-9,14H,2,10-13,15,27H2,1H3,(H,31,32). The Bertz CT molecular complexity index is 1220. The monoisotopic (exact) mass is 451 g/mol. The van der Waals surface area contributed by atoms with Crippen molar-refractivity contribution in [3.8, 4) is 0 Å². The van der Waals surface area contributed by atoms with E-state index in [0.717, 1.165) is 30.6 Å². The minimum absolute atomic E-state index is 0.121. The third kappa shape index (κ3) is 4.23. The van der Waals surface area contributed by atoms with Crippen LogP contribution >= 0.6 is 11.6 Å². The number of fused-ring (bicyclic) bond motifs is 1. The van der Waals surface area contributed by atoms with Crippen LogP contribution < -0.4 is 16.2 Å². The van der Waals surface area contributed by atoms with Gasteiger partial charge in [-0.1, -0.05) is 48.9 Å². The molecular weight excluding hydrogens is 426 g/mol. The fraction of sp³-hybridized carbons (Fsp3) is 0.280. The Morgan fingerprint density at radius 3 is 2.62 bits per heavy atom. The molecule has 0 aliphatic carbocycles. The molecule has 0 bridgehead atoms. The van der Waals surface area contributed by atoms with Crippen LogP contribution in [-0.4, -0.2) is 22.2 Å². The zero-order valence-electron chi connectivity index (χ0n) is 18.0. The summed E-state index contributed by atoms with van der Waals surface area (Å²) >= 11 is 6.59. The second-order valence-corrected chi connectivity index (χ2v) is 8.46. The van der Waals surface area contributed by atoms with Crippen LogP contribution in [0.3, 0.4) is 0 Å². The first-order valence-corrected chi connectivity index (χ1v) is 11.1. The van der Waals surface area contributed by atoms with E-state index in [1.54, 1.807) is 34.9 Å². The highest BCUT2D eigenvalue weighted by molar-refractivity contribution is 6.31. The summed E-state index contributed by atoms with van der Waals surface area (Å²) < 4.78 is 1.66. The Balaban J connectivity index is 1.64. The molecule has 2 heterocycles. The highest BCUT2D eigenvalue weighted by atomic mass is 35.5. The molecule has 2 aromatic carbocycles. The van der Waals surface area contributed by atoms with Gasteiger partial charge in [-0.05, 0) is 54.2 Å². The van der Waals surface area contributed by atoms with Gasteiger partial charge in [-0.3, -0.25) is 4.79 Å². The van der Waals surface area contributed by atoms with E-state index in [1.807, 2.05) is 0 Å². The average molecular weight is 452 g/mol. The van der Waals surface area contributed by atoms with Gasteiger partial charge in [0.1, 0.15) is 0 Å². The Hall–Kier alpha value is -3.25. The van der Waals surface area contributed by atoms with Crippen LogP contribution in [0.1, 0.15) is 39.7 Å². The molecule has 4 rings (SSSR count). The van der Waals surface area contributed by atoms with Crippen LogP contribution in [-0.2, 0) is 32.4 Å². The van der Waals surface area contributed by atoms with Gasteiger partial charge in [0, 0.05) is 18.8 Å². The fourth-order valence-corrected chi connectivity index (χ4v) is 4.66. The molecule has 3 N–H and O–H groups in total. The van der Waals surface area contributed by atoms with Crippen LogP contribution in [0.15, 0.2) is 53.3 Å². The van der Waals surface area contributed by atoms with Crippen molar-refractivity contribution in [3.05, 3.63) is 91.9 Å². The number of hydrogen-bond acceptors (Lipinski definition) is 4. The minimum Gasteiger partial charge on any atom is -0.478 e. The molecule has 0 saturated heterocycles. The fourth-order valence-electron chi connectivity index (χ4n) is 4.39. The van der Waals surface area contributed by atoms with Crippen molar-refractivity contribution in [2.75, 3.05) is 17.2 Å². The largest absolute Gasteiger partial charge is 0.478 e. The van der Waals surface area contributed by atoms with E-state index in [0.29, 0.717) is 24.5 Å². The third-order valence-corrected chi connectivity index (χ3v) is 6.42. The number of para-hydroxylation sites is 1. The van der Waals surface area contributed by atoms with E-state index >= 15 is 0 Å². The van der Waals surface area contributed by atoms with Crippen molar-refractivity contribution in [1.82, 2.24) is 4.57 Å². The van der Waals surface area contributed by atoms with Crippen LogP contribution in [0.25, 0.3) is 0 Å². The van der Waals surface area contributed by atoms with Crippen LogP contribution in [0.4, 0.5) is 11.4 Å². The summed E-state index contributed by atoms with van der Waals surface area (Å²) in [4.78, 5) is 26.3. The molecule has 1 aromatic heterocycles. The van der Waals surface area contributed by atoms with E-state index < -0.39 is 5.97 Å².